The summed E-state index contributed by atoms with van der Waals surface area (Å²) >= 11 is 0. The largest absolute Gasteiger partial charge is 0.362 e. The first-order chi connectivity index (χ1) is 14.5. The predicted octanol–water partition coefficient (Wildman–Crippen LogP) is 2.45. The number of carbonyl (C=O) groups is 2. The van der Waals surface area contributed by atoms with Gasteiger partial charge in [-0.2, -0.15) is 0 Å². The van der Waals surface area contributed by atoms with Gasteiger partial charge >= 0.3 is 0 Å². The van der Waals surface area contributed by atoms with Crippen LogP contribution in [0.4, 0.5) is 11.4 Å². The molecule has 0 spiro atoms. The number of para-hydroxylation sites is 2. The lowest BCUT2D eigenvalue weighted by molar-refractivity contribution is -0.131. The molecule has 2 aliphatic rings. The molecule has 158 valence electrons. The van der Waals surface area contributed by atoms with E-state index in [-0.39, 0.29) is 11.8 Å². The van der Waals surface area contributed by atoms with Gasteiger partial charge < -0.3 is 15.1 Å². The van der Waals surface area contributed by atoms with Crippen LogP contribution in [-0.4, -0.2) is 67.4 Å². The number of amides is 2. The Balaban J connectivity index is 1.25. The van der Waals surface area contributed by atoms with Crippen LogP contribution < -0.4 is 10.2 Å². The first kappa shape index (κ1) is 20.4. The molecule has 0 saturated carbocycles. The van der Waals surface area contributed by atoms with E-state index in [1.165, 1.54) is 11.3 Å². The highest BCUT2D eigenvalue weighted by Crippen LogP contribution is 2.27. The van der Waals surface area contributed by atoms with Crippen molar-refractivity contribution < 1.29 is 9.59 Å². The van der Waals surface area contributed by atoms with Crippen molar-refractivity contribution in [2.24, 2.45) is 0 Å². The van der Waals surface area contributed by atoms with Crippen LogP contribution in [-0.2, 0) is 16.0 Å². The molecule has 0 bridgehead atoms. The number of aryl methyl sites for hydroxylation is 2. The van der Waals surface area contributed by atoms with Gasteiger partial charge in [-0.3, -0.25) is 14.5 Å². The minimum atomic E-state index is 0.000787. The molecule has 0 unspecified atom stereocenters. The van der Waals surface area contributed by atoms with Crippen molar-refractivity contribution in [3.05, 3.63) is 59.2 Å². The quantitative estimate of drug-likeness (QED) is 0.829. The number of carbonyl (C=O) groups excluding carboxylic acids is 2. The Bertz CT molecular complexity index is 914. The van der Waals surface area contributed by atoms with Crippen molar-refractivity contribution in [1.29, 1.82) is 0 Å². The summed E-state index contributed by atoms with van der Waals surface area (Å²) in [5, 5.41) is 3.05. The van der Waals surface area contributed by atoms with Crippen molar-refractivity contribution in [2.45, 2.75) is 20.3 Å². The van der Waals surface area contributed by atoms with Crippen LogP contribution in [0.2, 0.25) is 0 Å². The summed E-state index contributed by atoms with van der Waals surface area (Å²) in [6.07, 6.45) is 1.01. The zero-order valence-corrected chi connectivity index (χ0v) is 17.9. The van der Waals surface area contributed by atoms with Gasteiger partial charge in [0.05, 0.1) is 13.1 Å². The van der Waals surface area contributed by atoms with Crippen LogP contribution in [0.1, 0.15) is 16.7 Å². The van der Waals surface area contributed by atoms with E-state index >= 15 is 0 Å². The van der Waals surface area contributed by atoms with Gasteiger partial charge in [0, 0.05) is 44.1 Å². The molecule has 2 aliphatic heterocycles. The van der Waals surface area contributed by atoms with Gasteiger partial charge in [-0.1, -0.05) is 36.4 Å². The third-order valence-electron chi connectivity index (χ3n) is 6.15. The van der Waals surface area contributed by atoms with E-state index in [1.54, 1.807) is 0 Å². The number of nitrogens with zero attached hydrogens (tertiary/aromatic N) is 3. The standard InChI is InChI=1S/C24H30N4O2/c1-18-6-5-7-19(2)24(18)25-22(29)16-26-12-14-27(15-13-26)23(30)17-28-11-10-20-8-3-4-9-21(20)28/h3-9H,10-17H2,1-2H3,(H,25,29). The third kappa shape index (κ3) is 4.49. The van der Waals surface area contributed by atoms with Crippen LogP contribution in [0.25, 0.3) is 0 Å². The minimum absolute atomic E-state index is 0.000787. The Morgan fingerprint density at radius 2 is 1.57 bits per heavy atom. The molecule has 0 atom stereocenters. The number of nitrogens with one attached hydrogen (secondary N) is 1. The number of anilines is 2. The SMILES string of the molecule is Cc1cccc(C)c1NC(=O)CN1CCN(C(=O)CN2CCc3ccccc32)CC1. The average molecular weight is 407 g/mol. The first-order valence-electron chi connectivity index (χ1n) is 10.7. The molecule has 0 aliphatic carbocycles. The van der Waals surface area contributed by atoms with Gasteiger partial charge in [0.1, 0.15) is 0 Å². The summed E-state index contributed by atoms with van der Waals surface area (Å²) in [6, 6.07) is 14.3. The molecule has 30 heavy (non-hydrogen) atoms. The summed E-state index contributed by atoms with van der Waals surface area (Å²) < 4.78 is 0. The minimum Gasteiger partial charge on any atom is -0.362 e. The van der Waals surface area contributed by atoms with Crippen molar-refractivity contribution >= 4 is 23.2 Å². The zero-order chi connectivity index (χ0) is 21.1. The van der Waals surface area contributed by atoms with Crippen molar-refractivity contribution in [3.8, 4) is 0 Å². The number of hydrogen-bond acceptors (Lipinski definition) is 4. The molecule has 6 nitrogen and oxygen atoms in total. The molecular formula is C24H30N4O2. The van der Waals surface area contributed by atoms with Gasteiger partial charge in [0.25, 0.3) is 0 Å². The Hall–Kier alpha value is -2.86. The maximum atomic E-state index is 12.8. The van der Waals surface area contributed by atoms with Crippen LogP contribution >= 0.6 is 0 Å². The van der Waals surface area contributed by atoms with Crippen LogP contribution in [0.5, 0.6) is 0 Å². The van der Waals surface area contributed by atoms with Crippen molar-refractivity contribution in [3.63, 3.8) is 0 Å². The number of rotatable bonds is 5. The second-order valence-corrected chi connectivity index (χ2v) is 8.27. The van der Waals surface area contributed by atoms with Crippen molar-refractivity contribution in [1.82, 2.24) is 9.80 Å². The number of piperazine rings is 1. The predicted molar refractivity (Wildman–Crippen MR) is 120 cm³/mol. The van der Waals surface area contributed by atoms with E-state index in [2.05, 4.69) is 33.3 Å². The van der Waals surface area contributed by atoms with E-state index in [0.29, 0.717) is 26.2 Å². The molecular weight excluding hydrogens is 376 g/mol. The highest BCUT2D eigenvalue weighted by Gasteiger charge is 2.26. The van der Waals surface area contributed by atoms with Gasteiger partial charge in [-0.25, -0.2) is 0 Å². The van der Waals surface area contributed by atoms with E-state index < -0.39 is 0 Å². The van der Waals surface area contributed by atoms with Crippen LogP contribution in [0, 0.1) is 13.8 Å². The molecule has 4 rings (SSSR count). The van der Waals surface area contributed by atoms with Gasteiger partial charge in [-0.15, -0.1) is 0 Å². The van der Waals surface area contributed by atoms with Gasteiger partial charge in [0.15, 0.2) is 0 Å². The molecule has 2 heterocycles. The molecule has 1 saturated heterocycles. The molecule has 0 aromatic heterocycles. The maximum absolute atomic E-state index is 12.8. The summed E-state index contributed by atoms with van der Waals surface area (Å²) in [6.45, 7) is 8.50. The van der Waals surface area contributed by atoms with Crippen LogP contribution in [0.15, 0.2) is 42.5 Å². The topological polar surface area (TPSA) is 55.9 Å². The van der Waals surface area contributed by atoms with Gasteiger partial charge in [0.2, 0.25) is 11.8 Å². The lowest BCUT2D eigenvalue weighted by Crippen LogP contribution is -2.52. The molecule has 2 aromatic rings. The zero-order valence-electron chi connectivity index (χ0n) is 17.9. The normalized spacial score (nSPS) is 16.5. The number of fused-ring (bicyclic) bond motifs is 1. The van der Waals surface area contributed by atoms with Gasteiger partial charge in [-0.05, 0) is 43.0 Å². The average Bonchev–Trinajstić information content (AvgIpc) is 3.14. The Morgan fingerprint density at radius 3 is 2.30 bits per heavy atom. The fourth-order valence-electron chi connectivity index (χ4n) is 4.38. The molecule has 6 heteroatoms. The third-order valence-corrected chi connectivity index (χ3v) is 6.15. The first-order valence-corrected chi connectivity index (χ1v) is 10.7. The summed E-state index contributed by atoms with van der Waals surface area (Å²) in [5.41, 5.74) is 5.56. The second kappa shape index (κ2) is 8.88. The van der Waals surface area contributed by atoms with E-state index in [1.807, 2.05) is 43.0 Å². The number of benzene rings is 2. The summed E-state index contributed by atoms with van der Waals surface area (Å²) in [7, 11) is 0. The maximum Gasteiger partial charge on any atom is 0.242 e. The van der Waals surface area contributed by atoms with E-state index in [4.69, 9.17) is 0 Å². The lowest BCUT2D eigenvalue weighted by atomic mass is 10.1. The second-order valence-electron chi connectivity index (χ2n) is 8.27. The monoisotopic (exact) mass is 406 g/mol. The fraction of sp³-hybridized carbons (Fsp3) is 0.417. The van der Waals surface area contributed by atoms with Crippen LogP contribution in [0.3, 0.4) is 0 Å². The number of hydrogen-bond donors (Lipinski definition) is 1. The van der Waals surface area contributed by atoms with E-state index in [9.17, 15) is 9.59 Å². The highest BCUT2D eigenvalue weighted by atomic mass is 16.2. The molecule has 2 amide bonds. The Labute approximate surface area is 178 Å². The van der Waals surface area contributed by atoms with Crippen molar-refractivity contribution in [2.75, 3.05) is 56.0 Å². The summed E-state index contributed by atoms with van der Waals surface area (Å²) in [4.78, 5) is 31.5. The lowest BCUT2D eigenvalue weighted by Gasteiger charge is -2.35. The molecule has 0 radical (unpaired) electrons. The van der Waals surface area contributed by atoms with E-state index in [0.717, 1.165) is 42.9 Å². The molecule has 1 N–H and O–H groups in total. The molecule has 1 fully saturated rings. The summed E-state index contributed by atoms with van der Waals surface area (Å²) in [5.74, 6) is 0.173. The Morgan fingerprint density at radius 1 is 0.867 bits per heavy atom. The highest BCUT2D eigenvalue weighted by molar-refractivity contribution is 5.93. The fourth-order valence-corrected chi connectivity index (χ4v) is 4.38. The smallest absolute Gasteiger partial charge is 0.242 e. The Kier molecular flexibility index (Phi) is 6.04. The molecule has 2 aromatic carbocycles.